The number of carbonyl (C=O) groups is 2. The van der Waals surface area contributed by atoms with E-state index in [1.54, 1.807) is 0 Å². The lowest BCUT2D eigenvalue weighted by atomic mass is 10.2. The number of nitrogens with one attached hydrogen (secondary N) is 1. The molecule has 1 unspecified atom stereocenters. The van der Waals surface area contributed by atoms with Crippen molar-refractivity contribution in [2.45, 2.75) is 13.0 Å². The summed E-state index contributed by atoms with van der Waals surface area (Å²) in [5, 5.41) is 13.0. The normalized spacial score (nSPS) is 11.5. The molecule has 10 heteroatoms. The highest BCUT2D eigenvalue weighted by atomic mass is 79.9. The zero-order valence-corrected chi connectivity index (χ0v) is 15.5. The van der Waals surface area contributed by atoms with Crippen molar-refractivity contribution in [3.8, 4) is 0 Å². The van der Waals surface area contributed by atoms with Gasteiger partial charge in [0.05, 0.1) is 21.2 Å². The van der Waals surface area contributed by atoms with Crippen molar-refractivity contribution in [2.24, 2.45) is 0 Å². The molecule has 2 rings (SSSR count). The smallest absolute Gasteiger partial charge is 0.341 e. The minimum absolute atomic E-state index is 0.0509. The SMILES string of the molecule is CC(OC(=O)c1ccc(Br)cc1F)C(=O)Nc1ccc([N+](=O)[O-])cc1Cl. The van der Waals surface area contributed by atoms with E-state index in [0.29, 0.717) is 4.47 Å². The van der Waals surface area contributed by atoms with Gasteiger partial charge in [0.1, 0.15) is 5.82 Å². The molecule has 0 bridgehead atoms. The van der Waals surface area contributed by atoms with Crippen LogP contribution in [-0.2, 0) is 9.53 Å². The number of nitrogens with zero attached hydrogens (tertiary/aromatic N) is 1. The molecular formula is C16H11BrClFN2O5. The van der Waals surface area contributed by atoms with Gasteiger partial charge in [-0.3, -0.25) is 14.9 Å². The van der Waals surface area contributed by atoms with Crippen LogP contribution in [0.3, 0.4) is 0 Å². The van der Waals surface area contributed by atoms with E-state index in [1.807, 2.05) is 0 Å². The number of anilines is 1. The van der Waals surface area contributed by atoms with E-state index < -0.39 is 28.7 Å². The van der Waals surface area contributed by atoms with Gasteiger partial charge >= 0.3 is 5.97 Å². The Kier molecular flexibility index (Phi) is 6.27. The fourth-order valence-electron chi connectivity index (χ4n) is 1.89. The van der Waals surface area contributed by atoms with Crippen LogP contribution < -0.4 is 5.32 Å². The zero-order valence-electron chi connectivity index (χ0n) is 13.2. The highest BCUT2D eigenvalue weighted by molar-refractivity contribution is 9.10. The first-order valence-corrected chi connectivity index (χ1v) is 8.27. The van der Waals surface area contributed by atoms with Crippen LogP contribution in [0.25, 0.3) is 0 Å². The number of benzene rings is 2. The predicted molar refractivity (Wildman–Crippen MR) is 95.7 cm³/mol. The van der Waals surface area contributed by atoms with Gasteiger partial charge in [-0.2, -0.15) is 0 Å². The van der Waals surface area contributed by atoms with Crippen LogP contribution in [0.5, 0.6) is 0 Å². The Morgan fingerprint density at radius 2 is 2.00 bits per heavy atom. The Morgan fingerprint density at radius 3 is 2.58 bits per heavy atom. The van der Waals surface area contributed by atoms with Crippen molar-refractivity contribution >= 4 is 50.8 Å². The first-order chi connectivity index (χ1) is 12.2. The molecule has 136 valence electrons. The van der Waals surface area contributed by atoms with Gasteiger partial charge in [0.2, 0.25) is 0 Å². The van der Waals surface area contributed by atoms with Gasteiger partial charge in [0, 0.05) is 16.6 Å². The summed E-state index contributed by atoms with van der Waals surface area (Å²) in [6.07, 6.45) is -1.25. The van der Waals surface area contributed by atoms with Gasteiger partial charge in [-0.1, -0.05) is 27.5 Å². The molecule has 0 saturated heterocycles. The Morgan fingerprint density at radius 1 is 1.31 bits per heavy atom. The van der Waals surface area contributed by atoms with E-state index in [4.69, 9.17) is 16.3 Å². The van der Waals surface area contributed by atoms with Crippen LogP contribution in [0, 0.1) is 15.9 Å². The maximum Gasteiger partial charge on any atom is 0.341 e. The van der Waals surface area contributed by atoms with Gasteiger partial charge in [-0.25, -0.2) is 9.18 Å². The molecule has 0 aromatic heterocycles. The number of nitro groups is 1. The van der Waals surface area contributed by atoms with Gasteiger partial charge < -0.3 is 10.1 Å². The summed E-state index contributed by atoms with van der Waals surface area (Å²) in [5.74, 6) is -2.53. The molecule has 0 saturated carbocycles. The lowest BCUT2D eigenvalue weighted by Crippen LogP contribution is -2.30. The molecular weight excluding hydrogens is 435 g/mol. The van der Waals surface area contributed by atoms with E-state index in [-0.39, 0.29) is 22.0 Å². The Labute approximate surface area is 160 Å². The molecule has 0 aliphatic heterocycles. The molecule has 0 aliphatic carbocycles. The minimum atomic E-state index is -1.25. The Balaban J connectivity index is 2.05. The second-order valence-corrected chi connectivity index (χ2v) is 6.41. The van der Waals surface area contributed by atoms with E-state index in [9.17, 15) is 24.1 Å². The lowest BCUT2D eigenvalue weighted by Gasteiger charge is -2.14. The van der Waals surface area contributed by atoms with E-state index in [0.717, 1.165) is 18.2 Å². The van der Waals surface area contributed by atoms with Crippen LogP contribution >= 0.6 is 27.5 Å². The van der Waals surface area contributed by atoms with Crippen LogP contribution in [0.2, 0.25) is 5.02 Å². The molecule has 1 N–H and O–H groups in total. The average Bonchev–Trinajstić information content (AvgIpc) is 2.56. The Bertz CT molecular complexity index is 893. The van der Waals surface area contributed by atoms with Crippen LogP contribution in [0.15, 0.2) is 40.9 Å². The summed E-state index contributed by atoms with van der Waals surface area (Å²) in [7, 11) is 0. The van der Waals surface area contributed by atoms with Gasteiger partial charge in [0.25, 0.3) is 11.6 Å². The van der Waals surface area contributed by atoms with Crippen LogP contribution in [0.4, 0.5) is 15.8 Å². The molecule has 1 amide bonds. The molecule has 0 radical (unpaired) electrons. The summed E-state index contributed by atoms with van der Waals surface area (Å²) in [6.45, 7) is 1.29. The number of amides is 1. The fraction of sp³-hybridized carbons (Fsp3) is 0.125. The fourth-order valence-corrected chi connectivity index (χ4v) is 2.44. The number of halogens is 3. The number of rotatable bonds is 5. The third kappa shape index (κ3) is 4.77. The molecule has 2 aromatic carbocycles. The molecule has 0 aliphatic rings. The summed E-state index contributed by atoms with van der Waals surface area (Å²) < 4.78 is 19.1. The molecule has 7 nitrogen and oxygen atoms in total. The average molecular weight is 446 g/mol. The van der Waals surface area contributed by atoms with Crippen LogP contribution in [0.1, 0.15) is 17.3 Å². The number of ether oxygens (including phenoxy) is 1. The van der Waals surface area contributed by atoms with Crippen molar-refractivity contribution in [3.63, 3.8) is 0 Å². The first-order valence-electron chi connectivity index (χ1n) is 7.10. The molecule has 0 spiro atoms. The number of esters is 1. The molecule has 0 heterocycles. The zero-order chi connectivity index (χ0) is 19.4. The summed E-state index contributed by atoms with van der Waals surface area (Å²) in [6, 6.07) is 7.26. The summed E-state index contributed by atoms with van der Waals surface area (Å²) >= 11 is 8.94. The minimum Gasteiger partial charge on any atom is -0.449 e. The van der Waals surface area contributed by atoms with E-state index in [2.05, 4.69) is 21.2 Å². The number of non-ortho nitro benzene ring substituents is 1. The number of carbonyl (C=O) groups excluding carboxylic acids is 2. The standard InChI is InChI=1S/C16H11BrClFN2O5/c1-8(26-16(23)11-4-2-9(17)6-13(11)19)15(22)20-14-5-3-10(21(24)25)7-12(14)18/h2-8H,1H3,(H,20,22). The largest absolute Gasteiger partial charge is 0.449 e. The summed E-state index contributed by atoms with van der Waals surface area (Å²) in [4.78, 5) is 34.1. The predicted octanol–water partition coefficient (Wildman–Crippen LogP) is 4.33. The maximum atomic E-state index is 13.8. The molecule has 0 fully saturated rings. The number of hydrogen-bond acceptors (Lipinski definition) is 5. The van der Waals surface area contributed by atoms with Crippen molar-refractivity contribution in [2.75, 3.05) is 5.32 Å². The maximum absolute atomic E-state index is 13.8. The van der Waals surface area contributed by atoms with Gasteiger partial charge in [-0.05, 0) is 31.2 Å². The van der Waals surface area contributed by atoms with E-state index >= 15 is 0 Å². The Hall–Kier alpha value is -2.52. The third-order valence-electron chi connectivity index (χ3n) is 3.23. The second kappa shape index (κ2) is 8.24. The van der Waals surface area contributed by atoms with E-state index in [1.165, 1.54) is 25.1 Å². The quantitative estimate of drug-likeness (QED) is 0.419. The highest BCUT2D eigenvalue weighted by Gasteiger charge is 2.22. The van der Waals surface area contributed by atoms with Crippen molar-refractivity contribution < 1.29 is 23.6 Å². The second-order valence-electron chi connectivity index (χ2n) is 5.08. The van der Waals surface area contributed by atoms with Crippen molar-refractivity contribution in [1.82, 2.24) is 0 Å². The number of nitro benzene ring substituents is 1. The van der Waals surface area contributed by atoms with Crippen molar-refractivity contribution in [3.05, 3.63) is 67.4 Å². The highest BCUT2D eigenvalue weighted by Crippen LogP contribution is 2.27. The molecule has 2 aromatic rings. The number of hydrogen-bond donors (Lipinski definition) is 1. The topological polar surface area (TPSA) is 98.5 Å². The summed E-state index contributed by atoms with van der Waals surface area (Å²) in [5.41, 5.74) is -0.445. The molecule has 1 atom stereocenters. The monoisotopic (exact) mass is 444 g/mol. The third-order valence-corrected chi connectivity index (χ3v) is 4.03. The van der Waals surface area contributed by atoms with Gasteiger partial charge in [-0.15, -0.1) is 0 Å². The van der Waals surface area contributed by atoms with Crippen LogP contribution in [-0.4, -0.2) is 22.9 Å². The van der Waals surface area contributed by atoms with Crippen molar-refractivity contribution in [1.29, 1.82) is 0 Å². The molecule has 26 heavy (non-hydrogen) atoms. The first kappa shape index (κ1) is 19.8. The lowest BCUT2D eigenvalue weighted by molar-refractivity contribution is -0.384. The van der Waals surface area contributed by atoms with Gasteiger partial charge in [0.15, 0.2) is 6.10 Å².